The SMILES string of the molecule is COC1CCN(C(=O)c2sc(N3CCOCC3)nc2N)C1. The van der Waals surface area contributed by atoms with E-state index in [1.54, 1.807) is 12.0 Å². The zero-order chi connectivity index (χ0) is 14.8. The molecule has 1 amide bonds. The molecule has 0 aromatic carbocycles. The van der Waals surface area contributed by atoms with E-state index in [9.17, 15) is 4.79 Å². The third-order valence-electron chi connectivity index (χ3n) is 3.88. The first-order chi connectivity index (χ1) is 10.2. The Bertz CT molecular complexity index is 516. The molecule has 2 N–H and O–H groups in total. The predicted molar refractivity (Wildman–Crippen MR) is 80.9 cm³/mol. The molecule has 7 nitrogen and oxygen atoms in total. The van der Waals surface area contributed by atoms with E-state index in [1.165, 1.54) is 11.3 Å². The standard InChI is InChI=1S/C13H20N4O3S/c1-19-9-2-3-17(8-9)12(18)10-11(14)15-13(21-10)16-4-6-20-7-5-16/h9H,2-8,14H2,1H3. The van der Waals surface area contributed by atoms with Gasteiger partial charge < -0.3 is 25.0 Å². The van der Waals surface area contributed by atoms with Crippen LogP contribution in [0.5, 0.6) is 0 Å². The Morgan fingerprint density at radius 3 is 2.86 bits per heavy atom. The van der Waals surface area contributed by atoms with E-state index in [-0.39, 0.29) is 12.0 Å². The van der Waals surface area contributed by atoms with Crippen LogP contribution < -0.4 is 10.6 Å². The number of likely N-dealkylation sites (tertiary alicyclic amines) is 1. The number of amides is 1. The summed E-state index contributed by atoms with van der Waals surface area (Å²) < 4.78 is 10.6. The summed E-state index contributed by atoms with van der Waals surface area (Å²) in [5.41, 5.74) is 5.95. The second kappa shape index (κ2) is 6.17. The van der Waals surface area contributed by atoms with Crippen LogP contribution in [-0.2, 0) is 9.47 Å². The van der Waals surface area contributed by atoms with Gasteiger partial charge in [-0.25, -0.2) is 4.98 Å². The monoisotopic (exact) mass is 312 g/mol. The highest BCUT2D eigenvalue weighted by atomic mass is 32.1. The molecular formula is C13H20N4O3S. The van der Waals surface area contributed by atoms with Crippen LogP contribution in [0.2, 0.25) is 0 Å². The lowest BCUT2D eigenvalue weighted by molar-refractivity contribution is 0.0729. The predicted octanol–water partition coefficient (Wildman–Crippen LogP) is 0.423. The van der Waals surface area contributed by atoms with E-state index in [2.05, 4.69) is 9.88 Å². The van der Waals surface area contributed by atoms with Gasteiger partial charge in [0, 0.05) is 33.3 Å². The highest BCUT2D eigenvalue weighted by Gasteiger charge is 2.30. The number of hydrogen-bond acceptors (Lipinski definition) is 7. The summed E-state index contributed by atoms with van der Waals surface area (Å²) in [7, 11) is 1.68. The summed E-state index contributed by atoms with van der Waals surface area (Å²) in [6.45, 7) is 4.28. The van der Waals surface area contributed by atoms with Crippen molar-refractivity contribution in [2.45, 2.75) is 12.5 Å². The van der Waals surface area contributed by atoms with Crippen LogP contribution >= 0.6 is 11.3 Å². The van der Waals surface area contributed by atoms with Gasteiger partial charge in [0.05, 0.1) is 19.3 Å². The van der Waals surface area contributed by atoms with E-state index in [0.717, 1.165) is 24.6 Å². The molecule has 0 radical (unpaired) electrons. The maximum atomic E-state index is 12.5. The number of ether oxygens (including phenoxy) is 2. The van der Waals surface area contributed by atoms with Gasteiger partial charge in [0.15, 0.2) is 5.13 Å². The van der Waals surface area contributed by atoms with E-state index in [4.69, 9.17) is 15.2 Å². The van der Waals surface area contributed by atoms with Crippen molar-refractivity contribution in [1.82, 2.24) is 9.88 Å². The van der Waals surface area contributed by atoms with Gasteiger partial charge in [0.25, 0.3) is 5.91 Å². The van der Waals surface area contributed by atoms with Crippen molar-refractivity contribution in [1.29, 1.82) is 0 Å². The fraction of sp³-hybridized carbons (Fsp3) is 0.692. The number of morpholine rings is 1. The molecule has 2 fully saturated rings. The van der Waals surface area contributed by atoms with Gasteiger partial charge in [0.1, 0.15) is 10.7 Å². The number of anilines is 2. The van der Waals surface area contributed by atoms with Crippen molar-refractivity contribution in [3.8, 4) is 0 Å². The number of nitrogens with two attached hydrogens (primary N) is 1. The Morgan fingerprint density at radius 1 is 1.43 bits per heavy atom. The highest BCUT2D eigenvalue weighted by Crippen LogP contribution is 2.30. The highest BCUT2D eigenvalue weighted by molar-refractivity contribution is 7.18. The van der Waals surface area contributed by atoms with Gasteiger partial charge in [-0.1, -0.05) is 11.3 Å². The van der Waals surface area contributed by atoms with Crippen LogP contribution in [0.3, 0.4) is 0 Å². The zero-order valence-electron chi connectivity index (χ0n) is 12.1. The number of nitrogen functional groups attached to an aromatic ring is 1. The van der Waals surface area contributed by atoms with Crippen LogP contribution in [-0.4, -0.2) is 68.4 Å². The van der Waals surface area contributed by atoms with Crippen LogP contribution in [0.25, 0.3) is 0 Å². The normalized spacial score (nSPS) is 22.8. The zero-order valence-corrected chi connectivity index (χ0v) is 12.9. The first kappa shape index (κ1) is 14.6. The molecule has 1 atom stereocenters. The average molecular weight is 312 g/mol. The molecule has 2 aliphatic heterocycles. The smallest absolute Gasteiger partial charge is 0.267 e. The van der Waals surface area contributed by atoms with E-state index in [0.29, 0.717) is 37.0 Å². The fourth-order valence-electron chi connectivity index (χ4n) is 2.61. The molecule has 0 bridgehead atoms. The van der Waals surface area contributed by atoms with E-state index < -0.39 is 0 Å². The summed E-state index contributed by atoms with van der Waals surface area (Å²) in [4.78, 5) is 21.3. The Kier molecular flexibility index (Phi) is 4.27. The minimum Gasteiger partial charge on any atom is -0.382 e. The number of hydrogen-bond donors (Lipinski definition) is 1. The van der Waals surface area contributed by atoms with Crippen LogP contribution in [0.1, 0.15) is 16.1 Å². The topological polar surface area (TPSA) is 80.9 Å². The lowest BCUT2D eigenvalue weighted by atomic mass is 10.3. The average Bonchev–Trinajstić information content (AvgIpc) is 3.14. The second-order valence-electron chi connectivity index (χ2n) is 5.21. The number of nitrogens with zero attached hydrogens (tertiary/aromatic N) is 3. The van der Waals surface area contributed by atoms with Crippen molar-refractivity contribution < 1.29 is 14.3 Å². The molecule has 8 heteroatoms. The largest absolute Gasteiger partial charge is 0.382 e. The summed E-state index contributed by atoms with van der Waals surface area (Å²) in [6.07, 6.45) is 0.999. The molecule has 2 saturated heterocycles. The van der Waals surface area contributed by atoms with Crippen molar-refractivity contribution in [2.75, 3.05) is 57.1 Å². The summed E-state index contributed by atoms with van der Waals surface area (Å²) in [5, 5.41) is 0.807. The molecule has 0 spiro atoms. The van der Waals surface area contributed by atoms with Gasteiger partial charge in [-0.3, -0.25) is 4.79 Å². The van der Waals surface area contributed by atoms with Gasteiger partial charge in [-0.2, -0.15) is 0 Å². The summed E-state index contributed by atoms with van der Waals surface area (Å²) >= 11 is 1.37. The van der Waals surface area contributed by atoms with E-state index >= 15 is 0 Å². The van der Waals surface area contributed by atoms with Crippen molar-refractivity contribution >= 4 is 28.2 Å². The summed E-state index contributed by atoms with van der Waals surface area (Å²) in [5.74, 6) is 0.288. The molecule has 116 valence electrons. The van der Waals surface area contributed by atoms with Gasteiger partial charge in [0.2, 0.25) is 0 Å². The third kappa shape index (κ3) is 2.97. The van der Waals surface area contributed by atoms with Crippen molar-refractivity contribution in [2.24, 2.45) is 0 Å². The maximum absolute atomic E-state index is 12.5. The Balaban J connectivity index is 1.73. The Hall–Kier alpha value is -1.38. The molecule has 0 saturated carbocycles. The number of aromatic nitrogens is 1. The number of thiazole rings is 1. The minimum absolute atomic E-state index is 0.0379. The van der Waals surface area contributed by atoms with Crippen molar-refractivity contribution in [3.63, 3.8) is 0 Å². The third-order valence-corrected chi connectivity index (χ3v) is 5.00. The van der Waals surface area contributed by atoms with Crippen LogP contribution in [0, 0.1) is 0 Å². The van der Waals surface area contributed by atoms with Crippen molar-refractivity contribution in [3.05, 3.63) is 4.88 Å². The van der Waals surface area contributed by atoms with E-state index in [1.807, 2.05) is 0 Å². The molecule has 0 aliphatic carbocycles. The van der Waals surface area contributed by atoms with Crippen LogP contribution in [0.4, 0.5) is 10.9 Å². The minimum atomic E-state index is -0.0379. The molecule has 21 heavy (non-hydrogen) atoms. The molecule has 3 rings (SSSR count). The number of rotatable bonds is 3. The van der Waals surface area contributed by atoms with Gasteiger partial charge in [-0.05, 0) is 6.42 Å². The molecular weight excluding hydrogens is 292 g/mol. The van der Waals surface area contributed by atoms with Gasteiger partial charge >= 0.3 is 0 Å². The molecule has 1 aromatic rings. The fourth-order valence-corrected chi connectivity index (χ4v) is 3.62. The quantitative estimate of drug-likeness (QED) is 0.871. The number of methoxy groups -OCH3 is 1. The van der Waals surface area contributed by atoms with Crippen LogP contribution in [0.15, 0.2) is 0 Å². The maximum Gasteiger partial charge on any atom is 0.267 e. The first-order valence-corrected chi connectivity index (χ1v) is 7.91. The number of carbonyl (C=O) groups is 1. The Labute approximate surface area is 127 Å². The molecule has 3 heterocycles. The first-order valence-electron chi connectivity index (χ1n) is 7.10. The summed E-state index contributed by atoms with van der Waals surface area (Å²) in [6, 6.07) is 0. The lowest BCUT2D eigenvalue weighted by Gasteiger charge is -2.25. The lowest BCUT2D eigenvalue weighted by Crippen LogP contribution is -2.36. The Morgan fingerprint density at radius 2 is 2.19 bits per heavy atom. The molecule has 1 aromatic heterocycles. The number of carbonyl (C=O) groups excluding carboxylic acids is 1. The van der Waals surface area contributed by atoms with Gasteiger partial charge in [-0.15, -0.1) is 0 Å². The molecule has 1 unspecified atom stereocenters. The second-order valence-corrected chi connectivity index (χ2v) is 6.19. The molecule has 2 aliphatic rings.